The van der Waals surface area contributed by atoms with Crippen LogP contribution in [0.15, 0.2) is 36.5 Å². The van der Waals surface area contributed by atoms with Gasteiger partial charge >= 0.3 is 0 Å². The quantitative estimate of drug-likeness (QED) is 0.491. The van der Waals surface area contributed by atoms with Crippen LogP contribution < -0.4 is 10.1 Å². The Balaban J connectivity index is 1.24. The Labute approximate surface area is 207 Å². The molecule has 2 aromatic heterocycles. The van der Waals surface area contributed by atoms with Crippen molar-refractivity contribution < 1.29 is 9.53 Å². The van der Waals surface area contributed by atoms with E-state index in [0.29, 0.717) is 5.41 Å². The molecule has 1 atom stereocenters. The van der Waals surface area contributed by atoms with Crippen LogP contribution in [0.5, 0.6) is 5.75 Å². The molecule has 4 saturated carbocycles. The summed E-state index contributed by atoms with van der Waals surface area (Å²) in [7, 11) is 1.67. The maximum atomic E-state index is 13.3. The third-order valence-electron chi connectivity index (χ3n) is 9.07. The average molecular weight is 473 g/mol. The Kier molecular flexibility index (Phi) is 5.58. The number of carbonyl (C=O) groups is 1. The molecule has 4 aliphatic rings. The zero-order chi connectivity index (χ0) is 24.2. The van der Waals surface area contributed by atoms with Crippen LogP contribution in [0.2, 0.25) is 0 Å². The van der Waals surface area contributed by atoms with Crippen LogP contribution in [0.3, 0.4) is 0 Å². The third kappa shape index (κ3) is 3.91. The van der Waals surface area contributed by atoms with E-state index in [1.54, 1.807) is 11.8 Å². The first-order valence-corrected chi connectivity index (χ1v) is 13.2. The number of rotatable bonds is 7. The number of hydrogen-bond donors (Lipinski definition) is 1. The number of amides is 1. The molecular weight excluding hydrogens is 436 g/mol. The molecule has 1 unspecified atom stereocenters. The lowest BCUT2D eigenvalue weighted by atomic mass is 9.47. The van der Waals surface area contributed by atoms with Gasteiger partial charge in [0.2, 0.25) is 5.91 Å². The second kappa shape index (κ2) is 8.65. The predicted octanol–water partition coefficient (Wildman–Crippen LogP) is 5.53. The summed E-state index contributed by atoms with van der Waals surface area (Å²) in [5.41, 5.74) is 4.11. The number of carbonyl (C=O) groups excluding carboxylic acids is 1. The molecule has 3 aromatic rings. The standard InChI is InChI=1S/C29H36N4O2/c1-4-25(29-14-19-11-20(15-29)13-21(12-19)16-29)31-26(34)17-33-28-27(18(2)32-33)24(9-10-30-28)22-5-7-23(35-3)8-6-22/h5-10,19-21,25H,4,11-17H2,1-3H3,(H,31,34). The molecule has 35 heavy (non-hydrogen) atoms. The van der Waals surface area contributed by atoms with Gasteiger partial charge in [0.25, 0.3) is 0 Å². The Hall–Kier alpha value is -2.89. The summed E-state index contributed by atoms with van der Waals surface area (Å²) in [5.74, 6) is 3.52. The normalized spacial score (nSPS) is 27.8. The van der Waals surface area contributed by atoms with E-state index >= 15 is 0 Å². The molecule has 1 amide bonds. The fourth-order valence-corrected chi connectivity index (χ4v) is 8.07. The van der Waals surface area contributed by atoms with E-state index in [2.05, 4.69) is 29.4 Å². The molecule has 4 aliphatic carbocycles. The second-order valence-electron chi connectivity index (χ2n) is 11.3. The lowest BCUT2D eigenvalue weighted by Gasteiger charge is -2.59. The van der Waals surface area contributed by atoms with Crippen molar-refractivity contribution in [2.45, 2.75) is 71.4 Å². The Morgan fingerprint density at radius 3 is 2.37 bits per heavy atom. The summed E-state index contributed by atoms with van der Waals surface area (Å²) in [6.07, 6.45) is 11.0. The Morgan fingerprint density at radius 2 is 1.77 bits per heavy atom. The van der Waals surface area contributed by atoms with E-state index in [1.807, 2.05) is 31.3 Å². The molecule has 1 aromatic carbocycles. The highest BCUT2D eigenvalue weighted by Crippen LogP contribution is 2.61. The monoisotopic (exact) mass is 472 g/mol. The number of fused-ring (bicyclic) bond motifs is 1. The van der Waals surface area contributed by atoms with Crippen molar-refractivity contribution in [3.05, 3.63) is 42.2 Å². The number of hydrogen-bond acceptors (Lipinski definition) is 4. The molecule has 4 bridgehead atoms. The molecular formula is C29H36N4O2. The van der Waals surface area contributed by atoms with Gasteiger partial charge < -0.3 is 10.1 Å². The summed E-state index contributed by atoms with van der Waals surface area (Å²) in [4.78, 5) is 18.0. The van der Waals surface area contributed by atoms with Crippen molar-refractivity contribution in [2.75, 3.05) is 7.11 Å². The first kappa shape index (κ1) is 22.6. The van der Waals surface area contributed by atoms with Gasteiger partial charge in [-0.2, -0.15) is 5.10 Å². The highest BCUT2D eigenvalue weighted by molar-refractivity contribution is 5.95. The van der Waals surface area contributed by atoms with E-state index in [0.717, 1.165) is 57.8 Å². The smallest absolute Gasteiger partial charge is 0.242 e. The lowest BCUT2D eigenvalue weighted by molar-refractivity contribution is -0.127. The Bertz CT molecular complexity index is 1210. The molecule has 184 valence electrons. The number of nitrogens with zero attached hydrogens (tertiary/aromatic N) is 3. The number of nitrogens with one attached hydrogen (secondary N) is 1. The number of ether oxygens (including phenoxy) is 1. The van der Waals surface area contributed by atoms with Crippen molar-refractivity contribution in [1.29, 1.82) is 0 Å². The van der Waals surface area contributed by atoms with E-state index in [4.69, 9.17) is 9.84 Å². The summed E-state index contributed by atoms with van der Waals surface area (Å²) in [6.45, 7) is 4.43. The highest BCUT2D eigenvalue weighted by Gasteiger charge is 2.54. The molecule has 0 aliphatic heterocycles. The van der Waals surface area contributed by atoms with Gasteiger partial charge in [0.1, 0.15) is 12.3 Å². The molecule has 7 rings (SSSR count). The second-order valence-corrected chi connectivity index (χ2v) is 11.3. The van der Waals surface area contributed by atoms with Crippen LogP contribution in [0.1, 0.15) is 57.6 Å². The maximum absolute atomic E-state index is 13.3. The van der Waals surface area contributed by atoms with Crippen LogP contribution in [0.4, 0.5) is 0 Å². The van der Waals surface area contributed by atoms with Crippen molar-refractivity contribution in [3.63, 3.8) is 0 Å². The Morgan fingerprint density at radius 1 is 1.11 bits per heavy atom. The van der Waals surface area contributed by atoms with Crippen LogP contribution in [-0.4, -0.2) is 33.8 Å². The molecule has 0 saturated heterocycles. The fourth-order valence-electron chi connectivity index (χ4n) is 8.07. The van der Waals surface area contributed by atoms with Gasteiger partial charge in [0.05, 0.1) is 12.8 Å². The van der Waals surface area contributed by atoms with E-state index in [-0.39, 0.29) is 18.5 Å². The SMILES string of the molecule is CCC(NC(=O)Cn1nc(C)c2c(-c3ccc(OC)cc3)ccnc21)C12CC3CC(CC(C3)C1)C2. The van der Waals surface area contributed by atoms with Crippen LogP contribution in [0, 0.1) is 30.1 Å². The van der Waals surface area contributed by atoms with Gasteiger partial charge in [0.15, 0.2) is 5.65 Å². The van der Waals surface area contributed by atoms with Gasteiger partial charge in [-0.1, -0.05) is 19.1 Å². The van der Waals surface area contributed by atoms with Crippen molar-refractivity contribution in [2.24, 2.45) is 23.2 Å². The van der Waals surface area contributed by atoms with E-state index in [9.17, 15) is 4.79 Å². The van der Waals surface area contributed by atoms with Gasteiger partial charge in [0, 0.05) is 17.6 Å². The van der Waals surface area contributed by atoms with Crippen LogP contribution in [0.25, 0.3) is 22.2 Å². The predicted molar refractivity (Wildman–Crippen MR) is 137 cm³/mol. The van der Waals surface area contributed by atoms with Gasteiger partial charge in [-0.3, -0.25) is 4.79 Å². The third-order valence-corrected chi connectivity index (χ3v) is 9.07. The van der Waals surface area contributed by atoms with E-state index < -0.39 is 0 Å². The zero-order valence-electron chi connectivity index (χ0n) is 21.1. The summed E-state index contributed by atoms with van der Waals surface area (Å²) >= 11 is 0. The van der Waals surface area contributed by atoms with Crippen molar-refractivity contribution >= 4 is 16.9 Å². The minimum Gasteiger partial charge on any atom is -0.497 e. The number of methoxy groups -OCH3 is 1. The van der Waals surface area contributed by atoms with Crippen molar-refractivity contribution in [1.82, 2.24) is 20.1 Å². The average Bonchev–Trinajstić information content (AvgIpc) is 3.17. The minimum atomic E-state index is 0.0497. The number of aromatic nitrogens is 3. The van der Waals surface area contributed by atoms with Crippen LogP contribution in [-0.2, 0) is 11.3 Å². The van der Waals surface area contributed by atoms with Gasteiger partial charge in [-0.05, 0) is 104 Å². The minimum absolute atomic E-state index is 0.0497. The van der Waals surface area contributed by atoms with Crippen LogP contribution >= 0.6 is 0 Å². The summed E-state index contributed by atoms with van der Waals surface area (Å²) in [6, 6.07) is 10.3. The first-order valence-electron chi connectivity index (χ1n) is 13.2. The summed E-state index contributed by atoms with van der Waals surface area (Å²) < 4.78 is 7.09. The number of pyridine rings is 1. The van der Waals surface area contributed by atoms with E-state index in [1.165, 1.54) is 38.5 Å². The molecule has 0 spiro atoms. The first-order chi connectivity index (χ1) is 17.0. The maximum Gasteiger partial charge on any atom is 0.242 e. The van der Waals surface area contributed by atoms with Gasteiger partial charge in [-0.25, -0.2) is 9.67 Å². The topological polar surface area (TPSA) is 69.0 Å². The molecule has 1 N–H and O–H groups in total. The van der Waals surface area contributed by atoms with Crippen molar-refractivity contribution in [3.8, 4) is 16.9 Å². The largest absolute Gasteiger partial charge is 0.497 e. The molecule has 6 heteroatoms. The molecule has 6 nitrogen and oxygen atoms in total. The molecule has 0 radical (unpaired) electrons. The number of benzene rings is 1. The molecule has 2 heterocycles. The molecule has 4 fully saturated rings. The van der Waals surface area contributed by atoms with Gasteiger partial charge in [-0.15, -0.1) is 0 Å². The highest BCUT2D eigenvalue weighted by atomic mass is 16.5. The lowest BCUT2D eigenvalue weighted by Crippen LogP contribution is -2.57. The number of aryl methyl sites for hydroxylation is 1. The zero-order valence-corrected chi connectivity index (χ0v) is 21.1. The fraction of sp³-hybridized carbons (Fsp3) is 0.552. The summed E-state index contributed by atoms with van der Waals surface area (Å²) in [5, 5.41) is 9.21.